The van der Waals surface area contributed by atoms with E-state index in [-0.39, 0.29) is 5.91 Å². The van der Waals surface area contributed by atoms with Crippen molar-refractivity contribution in [2.24, 2.45) is 5.73 Å². The SMILES string of the molecule is NCCC(=O)NCC1CCCCN1Cc1ccccc1Br. The van der Waals surface area contributed by atoms with Crippen LogP contribution in [0.4, 0.5) is 0 Å². The van der Waals surface area contributed by atoms with Gasteiger partial charge in [-0.1, -0.05) is 40.5 Å². The van der Waals surface area contributed by atoms with Crippen molar-refractivity contribution in [3.8, 4) is 0 Å². The minimum atomic E-state index is 0.0592. The summed E-state index contributed by atoms with van der Waals surface area (Å²) in [5.74, 6) is 0.0592. The zero-order valence-electron chi connectivity index (χ0n) is 12.4. The molecular formula is C16H24BrN3O. The summed E-state index contributed by atoms with van der Waals surface area (Å²) in [7, 11) is 0. The standard InChI is InChI=1S/C16H24BrN3O/c17-15-7-2-1-5-13(15)12-20-10-4-3-6-14(20)11-19-16(21)8-9-18/h1-2,5,7,14H,3-4,6,8-12,18H2,(H,19,21). The fourth-order valence-electron chi connectivity index (χ4n) is 2.80. The van der Waals surface area contributed by atoms with E-state index in [1.54, 1.807) is 0 Å². The maximum Gasteiger partial charge on any atom is 0.221 e. The van der Waals surface area contributed by atoms with Gasteiger partial charge in [0.1, 0.15) is 0 Å². The summed E-state index contributed by atoms with van der Waals surface area (Å²) in [4.78, 5) is 14.1. The van der Waals surface area contributed by atoms with Crippen LogP contribution in [-0.4, -0.2) is 36.5 Å². The molecule has 1 amide bonds. The van der Waals surface area contributed by atoms with Gasteiger partial charge in [-0.25, -0.2) is 0 Å². The molecule has 1 saturated heterocycles. The third-order valence-corrected chi connectivity index (χ3v) is 4.76. The highest BCUT2D eigenvalue weighted by Gasteiger charge is 2.23. The maximum absolute atomic E-state index is 11.6. The number of carbonyl (C=O) groups is 1. The van der Waals surface area contributed by atoms with E-state index in [1.807, 2.05) is 6.07 Å². The second kappa shape index (κ2) is 8.51. The van der Waals surface area contributed by atoms with Crippen molar-refractivity contribution in [2.75, 3.05) is 19.6 Å². The van der Waals surface area contributed by atoms with Gasteiger partial charge in [-0.05, 0) is 31.0 Å². The van der Waals surface area contributed by atoms with Crippen molar-refractivity contribution in [2.45, 2.75) is 38.3 Å². The molecule has 1 aliphatic rings. The molecule has 1 heterocycles. The molecule has 0 spiro atoms. The van der Waals surface area contributed by atoms with Gasteiger partial charge in [0.05, 0.1) is 0 Å². The number of nitrogens with two attached hydrogens (primary N) is 1. The third kappa shape index (κ3) is 5.09. The normalized spacial score (nSPS) is 19.4. The minimum Gasteiger partial charge on any atom is -0.354 e. The first kappa shape index (κ1) is 16.5. The number of halogens is 1. The van der Waals surface area contributed by atoms with Gasteiger partial charge in [-0.3, -0.25) is 9.69 Å². The van der Waals surface area contributed by atoms with Crippen LogP contribution >= 0.6 is 15.9 Å². The smallest absolute Gasteiger partial charge is 0.221 e. The number of rotatable bonds is 6. The zero-order valence-corrected chi connectivity index (χ0v) is 13.9. The second-order valence-electron chi connectivity index (χ2n) is 5.55. The molecule has 3 N–H and O–H groups in total. The lowest BCUT2D eigenvalue weighted by atomic mass is 10.0. The van der Waals surface area contributed by atoms with E-state index in [0.29, 0.717) is 19.0 Å². The Morgan fingerprint density at radius 3 is 2.95 bits per heavy atom. The predicted molar refractivity (Wildman–Crippen MR) is 88.9 cm³/mol. The van der Waals surface area contributed by atoms with Crippen molar-refractivity contribution >= 4 is 21.8 Å². The van der Waals surface area contributed by atoms with Gasteiger partial charge in [-0.15, -0.1) is 0 Å². The summed E-state index contributed by atoms with van der Waals surface area (Å²) in [5.41, 5.74) is 6.71. The van der Waals surface area contributed by atoms with Gasteiger partial charge in [0.25, 0.3) is 0 Å². The summed E-state index contributed by atoms with van der Waals surface area (Å²) >= 11 is 3.62. The van der Waals surface area contributed by atoms with E-state index in [2.05, 4.69) is 44.3 Å². The van der Waals surface area contributed by atoms with E-state index in [9.17, 15) is 4.79 Å². The van der Waals surface area contributed by atoms with Crippen LogP contribution in [0.15, 0.2) is 28.7 Å². The van der Waals surface area contributed by atoms with E-state index in [4.69, 9.17) is 5.73 Å². The Morgan fingerprint density at radius 1 is 1.38 bits per heavy atom. The van der Waals surface area contributed by atoms with Gasteiger partial charge in [0.15, 0.2) is 0 Å². The predicted octanol–water partition coefficient (Wildman–Crippen LogP) is 2.27. The van der Waals surface area contributed by atoms with E-state index in [0.717, 1.165) is 30.5 Å². The molecule has 116 valence electrons. The number of benzene rings is 1. The minimum absolute atomic E-state index is 0.0592. The van der Waals surface area contributed by atoms with Crippen LogP contribution in [0, 0.1) is 0 Å². The highest BCUT2D eigenvalue weighted by atomic mass is 79.9. The maximum atomic E-state index is 11.6. The van der Waals surface area contributed by atoms with Crippen molar-refractivity contribution in [1.29, 1.82) is 0 Å². The quantitative estimate of drug-likeness (QED) is 0.824. The van der Waals surface area contributed by atoms with E-state index < -0.39 is 0 Å². The lowest BCUT2D eigenvalue weighted by Crippen LogP contribution is -2.46. The van der Waals surface area contributed by atoms with Crippen molar-refractivity contribution < 1.29 is 4.79 Å². The molecule has 5 heteroatoms. The number of nitrogens with one attached hydrogen (secondary N) is 1. The molecule has 1 aliphatic heterocycles. The summed E-state index contributed by atoms with van der Waals surface area (Å²) in [6, 6.07) is 8.77. The fourth-order valence-corrected chi connectivity index (χ4v) is 3.21. The molecule has 21 heavy (non-hydrogen) atoms. The summed E-state index contributed by atoms with van der Waals surface area (Å²) in [5, 5.41) is 3.01. The van der Waals surface area contributed by atoms with Crippen molar-refractivity contribution in [3.63, 3.8) is 0 Å². The molecule has 4 nitrogen and oxygen atoms in total. The average molecular weight is 354 g/mol. The number of nitrogens with zero attached hydrogens (tertiary/aromatic N) is 1. The number of piperidine rings is 1. The largest absolute Gasteiger partial charge is 0.354 e. The lowest BCUT2D eigenvalue weighted by Gasteiger charge is -2.36. The van der Waals surface area contributed by atoms with Crippen LogP contribution in [0.5, 0.6) is 0 Å². The first-order valence-electron chi connectivity index (χ1n) is 7.65. The zero-order chi connectivity index (χ0) is 15.1. The molecule has 1 unspecified atom stereocenters. The van der Waals surface area contributed by atoms with Crippen molar-refractivity contribution in [1.82, 2.24) is 10.2 Å². The lowest BCUT2D eigenvalue weighted by molar-refractivity contribution is -0.121. The van der Waals surface area contributed by atoms with Crippen LogP contribution < -0.4 is 11.1 Å². The summed E-state index contributed by atoms with van der Waals surface area (Å²) in [6.45, 7) is 3.16. The topological polar surface area (TPSA) is 58.4 Å². The van der Waals surface area contributed by atoms with Crippen LogP contribution in [0.2, 0.25) is 0 Å². The van der Waals surface area contributed by atoms with Gasteiger partial charge in [0.2, 0.25) is 5.91 Å². The van der Waals surface area contributed by atoms with E-state index >= 15 is 0 Å². The van der Waals surface area contributed by atoms with Crippen LogP contribution in [0.3, 0.4) is 0 Å². The van der Waals surface area contributed by atoms with Crippen molar-refractivity contribution in [3.05, 3.63) is 34.3 Å². The first-order chi connectivity index (χ1) is 10.2. The molecule has 0 bridgehead atoms. The van der Waals surface area contributed by atoms with Gasteiger partial charge in [-0.2, -0.15) is 0 Å². The van der Waals surface area contributed by atoms with Gasteiger partial charge >= 0.3 is 0 Å². The highest BCUT2D eigenvalue weighted by molar-refractivity contribution is 9.10. The van der Waals surface area contributed by atoms with Crippen LogP contribution in [0.1, 0.15) is 31.2 Å². The average Bonchev–Trinajstić information content (AvgIpc) is 2.49. The molecule has 2 rings (SSSR count). The number of hydrogen-bond donors (Lipinski definition) is 2. The number of likely N-dealkylation sites (tertiary alicyclic amines) is 1. The Kier molecular flexibility index (Phi) is 6.67. The molecule has 0 saturated carbocycles. The van der Waals surface area contributed by atoms with Crippen LogP contribution in [0.25, 0.3) is 0 Å². The second-order valence-corrected chi connectivity index (χ2v) is 6.41. The number of amides is 1. The Hall–Kier alpha value is -0.910. The molecule has 0 aromatic heterocycles. The van der Waals surface area contributed by atoms with Gasteiger partial charge < -0.3 is 11.1 Å². The molecule has 0 aliphatic carbocycles. The third-order valence-electron chi connectivity index (χ3n) is 3.99. The molecule has 0 radical (unpaired) electrons. The number of carbonyl (C=O) groups excluding carboxylic acids is 1. The molecule has 1 atom stereocenters. The van der Waals surface area contributed by atoms with Crippen LogP contribution in [-0.2, 0) is 11.3 Å². The Labute approximate surface area is 135 Å². The molecule has 1 aromatic rings. The Morgan fingerprint density at radius 2 is 2.19 bits per heavy atom. The first-order valence-corrected chi connectivity index (χ1v) is 8.44. The van der Waals surface area contributed by atoms with Gasteiger partial charge in [0, 0.05) is 36.6 Å². The molecule has 1 fully saturated rings. The highest BCUT2D eigenvalue weighted by Crippen LogP contribution is 2.23. The van der Waals surface area contributed by atoms with E-state index in [1.165, 1.54) is 18.4 Å². The molecule has 1 aromatic carbocycles. The monoisotopic (exact) mass is 353 g/mol. The summed E-state index contributed by atoms with van der Waals surface area (Å²) in [6.07, 6.45) is 4.03. The Bertz CT molecular complexity index is 467. The molecular weight excluding hydrogens is 330 g/mol. The number of hydrogen-bond acceptors (Lipinski definition) is 3. The fraction of sp³-hybridized carbons (Fsp3) is 0.562. The summed E-state index contributed by atoms with van der Waals surface area (Å²) < 4.78 is 1.15. The Balaban J connectivity index is 1.92.